The molecule has 0 N–H and O–H groups in total. The van der Waals surface area contributed by atoms with Gasteiger partial charge in [0.25, 0.3) is 10.0 Å². The van der Waals surface area contributed by atoms with Crippen molar-refractivity contribution in [2.45, 2.75) is 29.7 Å². The molecule has 0 saturated carbocycles. The summed E-state index contributed by atoms with van der Waals surface area (Å²) in [6.07, 6.45) is -1.20. The predicted molar refractivity (Wildman–Crippen MR) is 111 cm³/mol. The molecule has 0 unspecified atom stereocenters. The Kier molecular flexibility index (Phi) is 6.30. The fourth-order valence-corrected chi connectivity index (χ4v) is 5.40. The minimum atomic E-state index is -4.15. The van der Waals surface area contributed by atoms with E-state index in [9.17, 15) is 21.6 Å². The molecule has 0 amide bonds. The van der Waals surface area contributed by atoms with Gasteiger partial charge in [-0.1, -0.05) is 18.5 Å². The van der Waals surface area contributed by atoms with Crippen LogP contribution in [0, 0.1) is 0 Å². The normalized spacial score (nSPS) is 16.5. The van der Waals surface area contributed by atoms with E-state index in [1.54, 1.807) is 6.92 Å². The molecule has 1 atom stereocenters. The van der Waals surface area contributed by atoms with Gasteiger partial charge in [-0.15, -0.1) is 0 Å². The molecular formula is C19H20ClNO7S2. The number of rotatable bonds is 6. The molecule has 1 aliphatic heterocycles. The standard InChI is InChI=1S/C19H20ClNO7S2/c1-3-27-19(22)18-12-21(30(25,26)14-7-5-13(20)6-8-14)16-11-15(29(23,24)4-2)9-10-17(16)28-18/h5-11,18H,3-4,12H2,1-2H3/t18-/m0/s1. The van der Waals surface area contributed by atoms with Crippen LogP contribution in [0.2, 0.25) is 5.02 Å². The highest BCUT2D eigenvalue weighted by molar-refractivity contribution is 7.93. The maximum Gasteiger partial charge on any atom is 0.349 e. The number of ether oxygens (including phenoxy) is 2. The van der Waals surface area contributed by atoms with Crippen LogP contribution in [0.4, 0.5) is 5.69 Å². The minimum Gasteiger partial charge on any atom is -0.475 e. The second-order valence-electron chi connectivity index (χ2n) is 6.38. The summed E-state index contributed by atoms with van der Waals surface area (Å²) >= 11 is 5.86. The molecule has 30 heavy (non-hydrogen) atoms. The topological polar surface area (TPSA) is 107 Å². The Balaban J connectivity index is 2.15. The van der Waals surface area contributed by atoms with Crippen molar-refractivity contribution >= 4 is 43.1 Å². The molecule has 2 aromatic rings. The average Bonchev–Trinajstić information content (AvgIpc) is 2.72. The molecule has 3 rings (SSSR count). The monoisotopic (exact) mass is 473 g/mol. The van der Waals surface area contributed by atoms with Crippen LogP contribution >= 0.6 is 11.6 Å². The van der Waals surface area contributed by atoms with Gasteiger partial charge >= 0.3 is 5.97 Å². The summed E-state index contributed by atoms with van der Waals surface area (Å²) in [6.45, 7) is 2.85. The lowest BCUT2D eigenvalue weighted by Gasteiger charge is -2.34. The minimum absolute atomic E-state index is 0.0278. The van der Waals surface area contributed by atoms with Crippen molar-refractivity contribution in [3.63, 3.8) is 0 Å². The highest BCUT2D eigenvalue weighted by atomic mass is 35.5. The lowest BCUT2D eigenvalue weighted by Crippen LogP contribution is -2.47. The van der Waals surface area contributed by atoms with Gasteiger partial charge in [0.15, 0.2) is 9.84 Å². The van der Waals surface area contributed by atoms with Gasteiger partial charge in [-0.05, 0) is 49.4 Å². The van der Waals surface area contributed by atoms with Crippen molar-refractivity contribution in [3.8, 4) is 5.75 Å². The van der Waals surface area contributed by atoms with Crippen molar-refractivity contribution in [1.29, 1.82) is 0 Å². The van der Waals surface area contributed by atoms with Gasteiger partial charge in [-0.25, -0.2) is 21.6 Å². The number of nitrogens with zero attached hydrogens (tertiary/aromatic N) is 1. The first-order chi connectivity index (χ1) is 14.1. The maximum atomic E-state index is 13.3. The molecule has 0 radical (unpaired) electrons. The first kappa shape index (κ1) is 22.4. The van der Waals surface area contributed by atoms with Crippen molar-refractivity contribution in [2.24, 2.45) is 0 Å². The molecule has 0 bridgehead atoms. The fourth-order valence-electron chi connectivity index (χ4n) is 2.91. The van der Waals surface area contributed by atoms with Crippen LogP contribution in [0.5, 0.6) is 5.75 Å². The third-order valence-electron chi connectivity index (χ3n) is 4.49. The number of carbonyl (C=O) groups excluding carboxylic acids is 1. The third-order valence-corrected chi connectivity index (χ3v) is 8.27. The lowest BCUT2D eigenvalue weighted by molar-refractivity contribution is -0.151. The van der Waals surface area contributed by atoms with E-state index in [2.05, 4.69) is 0 Å². The first-order valence-electron chi connectivity index (χ1n) is 9.08. The molecule has 2 aromatic carbocycles. The van der Waals surface area contributed by atoms with E-state index in [0.29, 0.717) is 5.02 Å². The summed E-state index contributed by atoms with van der Waals surface area (Å²) in [5.74, 6) is -0.807. The molecular weight excluding hydrogens is 454 g/mol. The van der Waals surface area contributed by atoms with Gasteiger partial charge in [-0.2, -0.15) is 0 Å². The summed E-state index contributed by atoms with van der Waals surface area (Å²) in [4.78, 5) is 12.1. The van der Waals surface area contributed by atoms with Crippen LogP contribution in [0.15, 0.2) is 52.3 Å². The molecule has 162 valence electrons. The summed E-state index contributed by atoms with van der Waals surface area (Å²) < 4.78 is 62.9. The predicted octanol–water partition coefficient (Wildman–Crippen LogP) is 2.65. The number of halogens is 1. The number of sulfonamides is 1. The summed E-state index contributed by atoms with van der Waals surface area (Å²) in [5, 5.41) is 0.358. The quantitative estimate of drug-likeness (QED) is 0.593. The van der Waals surface area contributed by atoms with E-state index in [1.165, 1.54) is 49.4 Å². The van der Waals surface area contributed by atoms with Crippen LogP contribution in [-0.2, 0) is 29.4 Å². The number of benzene rings is 2. The van der Waals surface area contributed by atoms with Crippen molar-refractivity contribution in [3.05, 3.63) is 47.5 Å². The van der Waals surface area contributed by atoms with E-state index >= 15 is 0 Å². The maximum absolute atomic E-state index is 13.3. The molecule has 0 spiro atoms. The first-order valence-corrected chi connectivity index (χ1v) is 12.6. The molecule has 0 aromatic heterocycles. The second kappa shape index (κ2) is 8.44. The molecule has 1 aliphatic rings. The van der Waals surface area contributed by atoms with Crippen LogP contribution in [-0.4, -0.2) is 47.8 Å². The van der Waals surface area contributed by atoms with E-state index in [0.717, 1.165) is 4.31 Å². The number of carbonyl (C=O) groups is 1. The lowest BCUT2D eigenvalue weighted by atomic mass is 10.2. The number of esters is 1. The van der Waals surface area contributed by atoms with Crippen LogP contribution in [0.3, 0.4) is 0 Å². The van der Waals surface area contributed by atoms with E-state index in [1.807, 2.05) is 0 Å². The van der Waals surface area contributed by atoms with Gasteiger partial charge in [-0.3, -0.25) is 4.31 Å². The Hall–Kier alpha value is -2.30. The van der Waals surface area contributed by atoms with Crippen LogP contribution in [0.25, 0.3) is 0 Å². The highest BCUT2D eigenvalue weighted by Gasteiger charge is 2.39. The molecule has 0 aliphatic carbocycles. The zero-order valence-corrected chi connectivity index (χ0v) is 18.6. The number of hydrogen-bond acceptors (Lipinski definition) is 7. The van der Waals surface area contributed by atoms with Crippen LogP contribution in [0.1, 0.15) is 13.8 Å². The molecule has 11 heteroatoms. The Morgan fingerprint density at radius 3 is 2.33 bits per heavy atom. The Morgan fingerprint density at radius 2 is 1.73 bits per heavy atom. The Morgan fingerprint density at radius 1 is 1.10 bits per heavy atom. The number of fused-ring (bicyclic) bond motifs is 1. The van der Waals surface area contributed by atoms with Gasteiger partial charge in [0.05, 0.1) is 34.4 Å². The van der Waals surface area contributed by atoms with Crippen molar-refractivity contribution in [2.75, 3.05) is 23.2 Å². The van der Waals surface area contributed by atoms with Gasteiger partial charge in [0.2, 0.25) is 6.10 Å². The Bertz CT molecular complexity index is 1160. The number of sulfone groups is 1. The van der Waals surface area contributed by atoms with Crippen molar-refractivity contribution < 1.29 is 31.1 Å². The number of hydrogen-bond donors (Lipinski definition) is 0. The largest absolute Gasteiger partial charge is 0.475 e. The molecule has 1 heterocycles. The zero-order valence-electron chi connectivity index (χ0n) is 16.2. The molecule has 0 fully saturated rings. The summed E-state index contributed by atoms with van der Waals surface area (Å²) in [5.41, 5.74) is 0.0278. The van der Waals surface area contributed by atoms with Crippen LogP contribution < -0.4 is 9.04 Å². The van der Waals surface area contributed by atoms with Gasteiger partial charge < -0.3 is 9.47 Å². The SMILES string of the molecule is CCOC(=O)[C@@H]1CN(S(=O)(=O)c2ccc(Cl)cc2)c2cc(S(=O)(=O)CC)ccc2O1. The average molecular weight is 474 g/mol. The Labute approximate surface area is 180 Å². The van der Waals surface area contributed by atoms with Gasteiger partial charge in [0, 0.05) is 5.02 Å². The highest BCUT2D eigenvalue weighted by Crippen LogP contribution is 2.39. The van der Waals surface area contributed by atoms with Gasteiger partial charge in [0.1, 0.15) is 5.75 Å². The fraction of sp³-hybridized carbons (Fsp3) is 0.316. The summed E-state index contributed by atoms with van der Waals surface area (Å²) in [7, 11) is -7.75. The smallest absolute Gasteiger partial charge is 0.349 e. The number of anilines is 1. The van der Waals surface area contributed by atoms with E-state index in [-0.39, 0.29) is 40.1 Å². The molecule has 8 nitrogen and oxygen atoms in total. The summed E-state index contributed by atoms with van der Waals surface area (Å²) in [6, 6.07) is 9.42. The molecule has 0 saturated heterocycles. The van der Waals surface area contributed by atoms with E-state index < -0.39 is 31.9 Å². The van der Waals surface area contributed by atoms with E-state index in [4.69, 9.17) is 21.1 Å². The third kappa shape index (κ3) is 4.26. The zero-order chi connectivity index (χ0) is 22.1. The van der Waals surface area contributed by atoms with Crippen molar-refractivity contribution in [1.82, 2.24) is 0 Å². The second-order valence-corrected chi connectivity index (χ2v) is 11.0.